The molecule has 282 valence electrons. The van der Waals surface area contributed by atoms with Gasteiger partial charge in [0.15, 0.2) is 0 Å². The number of thiophene rings is 1. The summed E-state index contributed by atoms with van der Waals surface area (Å²) >= 11 is 5.05. The largest absolute Gasteiger partial charge is 0.477 e. The van der Waals surface area contributed by atoms with Crippen molar-refractivity contribution < 1.29 is 9.90 Å². The van der Waals surface area contributed by atoms with Crippen LogP contribution in [0.3, 0.4) is 0 Å². The average Bonchev–Trinajstić information content (AvgIpc) is 3.76. The van der Waals surface area contributed by atoms with E-state index in [-0.39, 0.29) is 5.57 Å². The number of nitriles is 1. The molecule has 0 radical (unpaired) electrons. The smallest absolute Gasteiger partial charge is 0.346 e. The molecule has 9 heteroatoms. The van der Waals surface area contributed by atoms with Gasteiger partial charge in [0, 0.05) is 57.8 Å². The fraction of sp³-hybridized carbons (Fsp3) is 0. The highest BCUT2D eigenvalue weighted by Gasteiger charge is 2.26. The maximum absolute atomic E-state index is 11.4. The number of hydrogen-bond acceptors (Lipinski definition) is 8. The number of carboxylic acid groups (broad SMARTS) is 1. The first kappa shape index (κ1) is 36.4. The zero-order valence-electron chi connectivity index (χ0n) is 31.3. The number of carboxylic acids is 1. The molecule has 0 amide bonds. The van der Waals surface area contributed by atoms with Gasteiger partial charge in [-0.1, -0.05) is 84.2 Å². The molecule has 1 aromatic heterocycles. The van der Waals surface area contributed by atoms with Gasteiger partial charge in [-0.15, -0.1) is 11.3 Å². The van der Waals surface area contributed by atoms with Crippen molar-refractivity contribution in [1.29, 1.82) is 5.26 Å². The summed E-state index contributed by atoms with van der Waals surface area (Å²) in [5.41, 5.74) is 10.5. The number of fused-ring (bicyclic) bond motifs is 4. The van der Waals surface area contributed by atoms with Crippen molar-refractivity contribution in [2.45, 2.75) is 19.6 Å². The topological polar surface area (TPSA) is 70.8 Å². The van der Waals surface area contributed by atoms with Gasteiger partial charge in [0.25, 0.3) is 0 Å². The summed E-state index contributed by atoms with van der Waals surface area (Å²) in [7, 11) is 0. The van der Waals surface area contributed by atoms with Crippen molar-refractivity contribution in [3.05, 3.63) is 192 Å². The number of aliphatic carboxylic acids is 1. The molecule has 1 N–H and O–H groups in total. The summed E-state index contributed by atoms with van der Waals surface area (Å²) in [5.74, 6) is -1.23. The van der Waals surface area contributed by atoms with Gasteiger partial charge in [-0.05, 0) is 133 Å². The number of benzene rings is 7. The van der Waals surface area contributed by atoms with Crippen LogP contribution in [-0.4, -0.2) is 11.1 Å². The van der Waals surface area contributed by atoms with Crippen LogP contribution in [0.2, 0.25) is 0 Å². The molecule has 10 rings (SSSR count). The molecule has 0 aliphatic carbocycles. The first-order valence-electron chi connectivity index (χ1n) is 18.9. The van der Waals surface area contributed by atoms with Gasteiger partial charge in [-0.2, -0.15) is 5.26 Å². The van der Waals surface area contributed by atoms with Crippen molar-refractivity contribution in [3.8, 4) is 16.5 Å². The van der Waals surface area contributed by atoms with Crippen LogP contribution < -0.4 is 14.7 Å². The third-order valence-corrected chi connectivity index (χ3v) is 13.6. The Morgan fingerprint density at radius 2 is 0.915 bits per heavy atom. The monoisotopic (exact) mass is 816 g/mol. The second-order valence-corrected chi connectivity index (χ2v) is 17.1. The summed E-state index contributed by atoms with van der Waals surface area (Å²) < 4.78 is 0. The molecule has 0 bridgehead atoms. The Hall–Kier alpha value is -6.96. The van der Waals surface area contributed by atoms with E-state index in [1.54, 1.807) is 29.6 Å². The summed E-state index contributed by atoms with van der Waals surface area (Å²) in [6.45, 7) is 0. The summed E-state index contributed by atoms with van der Waals surface area (Å²) in [6, 6.07) is 65.7. The number of para-hydroxylation sites is 4. The lowest BCUT2D eigenvalue weighted by atomic mass is 10.1. The predicted molar refractivity (Wildman–Crippen MR) is 243 cm³/mol. The van der Waals surface area contributed by atoms with Crippen molar-refractivity contribution in [2.75, 3.05) is 14.7 Å². The van der Waals surface area contributed by atoms with Gasteiger partial charge in [0.2, 0.25) is 0 Å². The molecule has 0 spiro atoms. The first-order chi connectivity index (χ1) is 29.0. The lowest BCUT2D eigenvalue weighted by molar-refractivity contribution is -0.132. The minimum atomic E-state index is -1.23. The van der Waals surface area contributed by atoms with Crippen LogP contribution in [0, 0.1) is 11.3 Å². The van der Waals surface area contributed by atoms with Crippen molar-refractivity contribution >= 4 is 98.1 Å². The summed E-state index contributed by atoms with van der Waals surface area (Å²) in [4.78, 5) is 25.0. The van der Waals surface area contributed by atoms with Crippen molar-refractivity contribution in [2.24, 2.45) is 0 Å². The molecule has 0 saturated heterocycles. The highest BCUT2D eigenvalue weighted by Crippen LogP contribution is 2.53. The Kier molecular flexibility index (Phi) is 9.51. The van der Waals surface area contributed by atoms with Crippen LogP contribution >= 0.6 is 34.9 Å². The van der Waals surface area contributed by atoms with Crippen LogP contribution in [0.4, 0.5) is 51.2 Å². The van der Waals surface area contributed by atoms with Gasteiger partial charge in [0.1, 0.15) is 11.6 Å². The molecule has 6 nitrogen and oxygen atoms in total. The van der Waals surface area contributed by atoms with Gasteiger partial charge in [-0.3, -0.25) is 0 Å². The van der Waals surface area contributed by atoms with Crippen LogP contribution in [0.15, 0.2) is 207 Å². The van der Waals surface area contributed by atoms with Gasteiger partial charge in [-0.25, -0.2) is 4.79 Å². The minimum absolute atomic E-state index is 0.290. The molecule has 8 aromatic rings. The Morgan fingerprint density at radius 1 is 0.525 bits per heavy atom. The molecule has 59 heavy (non-hydrogen) atoms. The molecular weight excluding hydrogens is 785 g/mol. The number of carbonyl (C=O) groups is 1. The summed E-state index contributed by atoms with van der Waals surface area (Å²) in [5, 5.41) is 18.6. The molecule has 0 fully saturated rings. The highest BCUT2D eigenvalue weighted by molar-refractivity contribution is 8.00. The lowest BCUT2D eigenvalue weighted by Gasteiger charge is -2.34. The van der Waals surface area contributed by atoms with E-state index in [4.69, 9.17) is 0 Å². The molecule has 0 unspecified atom stereocenters. The third kappa shape index (κ3) is 6.83. The Balaban J connectivity index is 1.04. The average molecular weight is 817 g/mol. The molecule has 0 saturated carbocycles. The molecule has 0 atom stereocenters. The fourth-order valence-electron chi connectivity index (χ4n) is 7.56. The Labute approximate surface area is 354 Å². The maximum Gasteiger partial charge on any atom is 0.346 e. The van der Waals surface area contributed by atoms with E-state index >= 15 is 0 Å². The van der Waals surface area contributed by atoms with Crippen molar-refractivity contribution in [3.63, 3.8) is 0 Å². The van der Waals surface area contributed by atoms with E-state index in [1.165, 1.54) is 37.0 Å². The van der Waals surface area contributed by atoms with Crippen LogP contribution in [0.5, 0.6) is 0 Å². The quantitative estimate of drug-likeness (QED) is 0.120. The number of nitrogens with zero attached hydrogens (tertiary/aromatic N) is 4. The van der Waals surface area contributed by atoms with E-state index in [2.05, 4.69) is 185 Å². The normalized spacial score (nSPS) is 12.8. The van der Waals surface area contributed by atoms with Crippen LogP contribution in [0.25, 0.3) is 16.5 Å². The molecule has 7 aromatic carbocycles. The van der Waals surface area contributed by atoms with Gasteiger partial charge < -0.3 is 19.8 Å². The second kappa shape index (κ2) is 15.4. The van der Waals surface area contributed by atoms with Gasteiger partial charge >= 0.3 is 5.97 Å². The second-order valence-electron chi connectivity index (χ2n) is 13.8. The van der Waals surface area contributed by atoms with Crippen LogP contribution in [-0.2, 0) is 4.79 Å². The van der Waals surface area contributed by atoms with E-state index in [0.29, 0.717) is 4.88 Å². The maximum atomic E-state index is 11.4. The predicted octanol–water partition coefficient (Wildman–Crippen LogP) is 14.7. The molecule has 3 heterocycles. The molecule has 2 aliphatic heterocycles. The zero-order chi connectivity index (χ0) is 39.9. The Morgan fingerprint density at radius 3 is 1.31 bits per heavy atom. The Bertz CT molecular complexity index is 2720. The highest BCUT2D eigenvalue weighted by atomic mass is 32.2. The molecular formula is C50H32N4O2S3. The van der Waals surface area contributed by atoms with E-state index in [1.807, 2.05) is 12.1 Å². The SMILES string of the molecule is N#C/C(=C\c1ccc(-c2ccc(N(c3ccc(N4c5ccccc5Sc5ccccc54)cc3)c3ccc(N4c5ccccc5Sc5ccccc54)cc3)cc2)s1)C(=O)O. The summed E-state index contributed by atoms with van der Waals surface area (Å²) in [6.07, 6.45) is 1.42. The minimum Gasteiger partial charge on any atom is -0.477 e. The van der Waals surface area contributed by atoms with Crippen LogP contribution in [0.1, 0.15) is 4.88 Å². The van der Waals surface area contributed by atoms with E-state index in [9.17, 15) is 15.2 Å². The third-order valence-electron chi connectivity index (χ3n) is 10.3. The fourth-order valence-corrected chi connectivity index (χ4v) is 10.6. The van der Waals surface area contributed by atoms with E-state index < -0.39 is 5.97 Å². The number of hydrogen-bond donors (Lipinski definition) is 1. The first-order valence-corrected chi connectivity index (χ1v) is 21.3. The number of anilines is 9. The lowest BCUT2D eigenvalue weighted by Crippen LogP contribution is -2.16. The number of rotatable bonds is 8. The van der Waals surface area contributed by atoms with Crippen molar-refractivity contribution in [1.82, 2.24) is 0 Å². The molecule has 2 aliphatic rings. The standard InChI is InChI=1S/C50H32N4O2S3/c51-32-34(50(55)56)31-40-29-30-45(57-40)33-17-19-35(20-18-33)52(36-21-25-38(26-22-36)53-41-9-1-5-13-46(41)58-47-14-6-2-10-42(47)53)37-23-27-39(28-24-37)54-43-11-3-7-15-48(43)59-49-16-8-4-12-44(49)54/h1-31H,(H,55,56)/b34-31+. The zero-order valence-corrected chi connectivity index (χ0v) is 33.7. The van der Waals surface area contributed by atoms with Gasteiger partial charge in [0.05, 0.1) is 22.7 Å². The van der Waals surface area contributed by atoms with E-state index in [0.717, 1.165) is 61.6 Å².